The van der Waals surface area contributed by atoms with Gasteiger partial charge >= 0.3 is 0 Å². The van der Waals surface area contributed by atoms with E-state index in [1.807, 2.05) is 4.57 Å². The van der Waals surface area contributed by atoms with E-state index in [0.717, 1.165) is 10.9 Å². The van der Waals surface area contributed by atoms with Crippen LogP contribution in [0.1, 0.15) is 16.1 Å². The lowest BCUT2D eigenvalue weighted by atomic mass is 10.2. The molecule has 4 nitrogen and oxygen atoms in total. The Labute approximate surface area is 142 Å². The highest BCUT2D eigenvalue weighted by atomic mass is 35.5. The first-order valence-electron chi connectivity index (χ1n) is 7.61. The Hall–Kier alpha value is -2.53. The molecule has 3 aromatic rings. The van der Waals surface area contributed by atoms with Gasteiger partial charge in [-0.2, -0.15) is 0 Å². The molecule has 1 N–H and O–H groups in total. The van der Waals surface area contributed by atoms with Gasteiger partial charge in [0.2, 0.25) is 0 Å². The van der Waals surface area contributed by atoms with Gasteiger partial charge in [0.15, 0.2) is 0 Å². The first-order chi connectivity index (χ1) is 11.6. The fraction of sp³-hybridized carbons (Fsp3) is 0.167. The van der Waals surface area contributed by atoms with Gasteiger partial charge in [-0.1, -0.05) is 29.8 Å². The molecule has 6 heteroatoms. The van der Waals surface area contributed by atoms with Crippen LogP contribution in [0.25, 0.3) is 10.9 Å². The number of nitrogens with zero attached hydrogens (tertiary/aromatic N) is 1. The minimum absolute atomic E-state index is 0.129. The summed E-state index contributed by atoms with van der Waals surface area (Å²) in [6, 6.07) is 11.7. The maximum Gasteiger partial charge on any atom is 0.268 e. The summed E-state index contributed by atoms with van der Waals surface area (Å²) in [5.74, 6) is 0.116. The summed E-state index contributed by atoms with van der Waals surface area (Å²) in [7, 11) is 0. The molecular formula is C18H14ClFN2O2. The number of halogens is 2. The van der Waals surface area contributed by atoms with Crippen molar-refractivity contribution >= 4 is 28.4 Å². The van der Waals surface area contributed by atoms with Crippen LogP contribution in [0.3, 0.4) is 0 Å². The number of benzene rings is 2. The third kappa shape index (κ3) is 2.41. The van der Waals surface area contributed by atoms with E-state index in [9.17, 15) is 9.18 Å². The normalized spacial score (nSPS) is 12.9. The molecule has 0 spiro atoms. The van der Waals surface area contributed by atoms with E-state index >= 15 is 0 Å². The number of hydrogen-bond acceptors (Lipinski definition) is 2. The largest absolute Gasteiger partial charge is 0.490 e. The molecule has 0 bridgehead atoms. The number of aromatic nitrogens is 1. The Bertz CT molecular complexity index is 952. The van der Waals surface area contributed by atoms with E-state index in [1.54, 1.807) is 36.4 Å². The van der Waals surface area contributed by atoms with Crippen molar-refractivity contribution in [2.45, 2.75) is 13.1 Å². The van der Waals surface area contributed by atoms with Crippen molar-refractivity contribution in [1.29, 1.82) is 0 Å². The topological polar surface area (TPSA) is 43.3 Å². The number of amides is 1. The van der Waals surface area contributed by atoms with E-state index in [2.05, 4.69) is 5.32 Å². The van der Waals surface area contributed by atoms with Crippen molar-refractivity contribution in [3.63, 3.8) is 0 Å². The molecule has 122 valence electrons. The summed E-state index contributed by atoms with van der Waals surface area (Å²) in [6.45, 7) is 1.19. The van der Waals surface area contributed by atoms with E-state index in [-0.39, 0.29) is 18.3 Å². The standard InChI is InChI=1S/C18H14ClFN2O2/c19-13-5-6-16-17-12(13)9-15(22(17)7-8-24-16)18(23)21-10-11-3-1-2-4-14(11)20/h1-6,9H,7-8,10H2,(H,21,23). The minimum atomic E-state index is -0.335. The fourth-order valence-corrected chi connectivity index (χ4v) is 3.21. The molecule has 1 aliphatic rings. The summed E-state index contributed by atoms with van der Waals surface area (Å²) >= 11 is 6.24. The Morgan fingerprint density at radius 1 is 1.29 bits per heavy atom. The molecule has 0 saturated heterocycles. The minimum Gasteiger partial charge on any atom is -0.490 e. The zero-order valence-electron chi connectivity index (χ0n) is 12.7. The first kappa shape index (κ1) is 15.0. The average molecular weight is 345 g/mol. The average Bonchev–Trinajstić information content (AvgIpc) is 2.99. The second-order valence-electron chi connectivity index (χ2n) is 5.61. The van der Waals surface area contributed by atoms with Crippen LogP contribution in [0.2, 0.25) is 5.02 Å². The zero-order chi connectivity index (χ0) is 16.7. The number of ether oxygens (including phenoxy) is 1. The lowest BCUT2D eigenvalue weighted by molar-refractivity contribution is 0.0940. The van der Waals surface area contributed by atoms with Gasteiger partial charge in [0, 0.05) is 17.5 Å². The molecule has 0 aliphatic carbocycles. The summed E-state index contributed by atoms with van der Waals surface area (Å²) < 4.78 is 21.2. The van der Waals surface area contributed by atoms with Crippen LogP contribution >= 0.6 is 11.6 Å². The van der Waals surface area contributed by atoms with E-state index in [4.69, 9.17) is 16.3 Å². The van der Waals surface area contributed by atoms with Gasteiger partial charge in [-0.3, -0.25) is 4.79 Å². The summed E-state index contributed by atoms with van der Waals surface area (Å²) in [5, 5.41) is 4.12. The van der Waals surface area contributed by atoms with Gasteiger partial charge < -0.3 is 14.6 Å². The van der Waals surface area contributed by atoms with E-state index in [1.165, 1.54) is 6.07 Å². The van der Waals surface area contributed by atoms with E-state index < -0.39 is 0 Å². The van der Waals surface area contributed by atoms with Crippen LogP contribution in [0.5, 0.6) is 5.75 Å². The molecule has 0 radical (unpaired) electrons. The summed E-state index contributed by atoms with van der Waals surface area (Å²) in [4.78, 5) is 12.6. The quantitative estimate of drug-likeness (QED) is 0.786. The monoisotopic (exact) mass is 344 g/mol. The van der Waals surface area contributed by atoms with Gasteiger partial charge in [0.1, 0.15) is 23.9 Å². The van der Waals surface area contributed by atoms with Gasteiger partial charge in [0.25, 0.3) is 5.91 Å². The van der Waals surface area contributed by atoms with Crippen LogP contribution in [0.4, 0.5) is 4.39 Å². The zero-order valence-corrected chi connectivity index (χ0v) is 13.4. The Morgan fingerprint density at radius 2 is 2.12 bits per heavy atom. The van der Waals surface area contributed by atoms with Crippen LogP contribution < -0.4 is 10.1 Å². The molecule has 2 heterocycles. The predicted octanol–water partition coefficient (Wildman–Crippen LogP) is 3.76. The summed E-state index contributed by atoms with van der Waals surface area (Å²) in [6.07, 6.45) is 0. The van der Waals surface area contributed by atoms with Gasteiger partial charge in [0.05, 0.1) is 17.1 Å². The van der Waals surface area contributed by atoms with Crippen LogP contribution in [0, 0.1) is 5.82 Å². The van der Waals surface area contributed by atoms with Crippen molar-refractivity contribution in [2.24, 2.45) is 0 Å². The molecule has 0 atom stereocenters. The maximum absolute atomic E-state index is 13.7. The highest BCUT2D eigenvalue weighted by Gasteiger charge is 2.22. The van der Waals surface area contributed by atoms with Crippen molar-refractivity contribution in [3.05, 3.63) is 64.6 Å². The van der Waals surface area contributed by atoms with Crippen LogP contribution in [0.15, 0.2) is 42.5 Å². The number of carbonyl (C=O) groups excluding carboxylic acids is 1. The number of hydrogen-bond donors (Lipinski definition) is 1. The molecule has 24 heavy (non-hydrogen) atoms. The van der Waals surface area contributed by atoms with Crippen LogP contribution in [-0.4, -0.2) is 17.1 Å². The first-order valence-corrected chi connectivity index (χ1v) is 7.99. The highest BCUT2D eigenvalue weighted by molar-refractivity contribution is 6.36. The number of carbonyl (C=O) groups is 1. The summed E-state index contributed by atoms with van der Waals surface area (Å²) in [5.41, 5.74) is 1.77. The van der Waals surface area contributed by atoms with Crippen molar-refractivity contribution in [3.8, 4) is 5.75 Å². The van der Waals surface area contributed by atoms with Crippen molar-refractivity contribution < 1.29 is 13.9 Å². The second kappa shape index (κ2) is 5.83. The molecule has 1 aromatic heterocycles. The molecule has 1 amide bonds. The molecule has 0 fully saturated rings. The van der Waals surface area contributed by atoms with Crippen LogP contribution in [-0.2, 0) is 13.1 Å². The molecular weight excluding hydrogens is 331 g/mol. The smallest absolute Gasteiger partial charge is 0.268 e. The van der Waals surface area contributed by atoms with Crippen molar-refractivity contribution in [1.82, 2.24) is 9.88 Å². The second-order valence-corrected chi connectivity index (χ2v) is 6.02. The molecule has 0 saturated carbocycles. The molecule has 2 aromatic carbocycles. The predicted molar refractivity (Wildman–Crippen MR) is 90.0 cm³/mol. The highest BCUT2D eigenvalue weighted by Crippen LogP contribution is 2.36. The SMILES string of the molecule is O=C(NCc1ccccc1F)c1cc2c(Cl)ccc3c2n1CCO3. The van der Waals surface area contributed by atoms with Crippen molar-refractivity contribution in [2.75, 3.05) is 6.61 Å². The molecule has 4 rings (SSSR count). The van der Waals surface area contributed by atoms with Gasteiger partial charge in [-0.15, -0.1) is 0 Å². The third-order valence-corrected chi connectivity index (χ3v) is 4.50. The lowest BCUT2D eigenvalue weighted by Crippen LogP contribution is -2.27. The number of rotatable bonds is 3. The number of nitrogens with one attached hydrogen (secondary N) is 1. The lowest BCUT2D eigenvalue weighted by Gasteiger charge is -2.19. The molecule has 1 aliphatic heterocycles. The van der Waals surface area contributed by atoms with Gasteiger partial charge in [-0.25, -0.2) is 4.39 Å². The Kier molecular flexibility index (Phi) is 3.65. The Balaban J connectivity index is 1.67. The van der Waals surface area contributed by atoms with E-state index in [0.29, 0.717) is 35.2 Å². The molecule has 0 unspecified atom stereocenters. The fourth-order valence-electron chi connectivity index (χ4n) is 3.01. The van der Waals surface area contributed by atoms with Gasteiger partial charge in [-0.05, 0) is 24.3 Å². The third-order valence-electron chi connectivity index (χ3n) is 4.17. The maximum atomic E-state index is 13.7. The Morgan fingerprint density at radius 3 is 2.96 bits per heavy atom.